The first-order chi connectivity index (χ1) is 9.15. The van der Waals surface area contributed by atoms with Crippen LogP contribution in [0, 0.1) is 12.1 Å². The van der Waals surface area contributed by atoms with Gasteiger partial charge in [0.15, 0.2) is 5.69 Å². The zero-order valence-corrected chi connectivity index (χ0v) is 10.4. The molecule has 3 rings (SSSR count). The highest BCUT2D eigenvalue weighted by atomic mass is 16.8. The van der Waals surface area contributed by atoms with Crippen LogP contribution in [0.3, 0.4) is 0 Å². The number of pyridine rings is 1. The molecule has 1 atom stereocenters. The Kier molecular flexibility index (Phi) is 2.79. The quantitative estimate of drug-likeness (QED) is 0.685. The lowest BCUT2D eigenvalue weighted by Crippen LogP contribution is -2.99. The van der Waals surface area contributed by atoms with Gasteiger partial charge < -0.3 is 9.61 Å². The fourth-order valence-corrected chi connectivity index (χ4v) is 2.08. The molecule has 0 aliphatic rings. The molecule has 5 nitrogen and oxygen atoms in total. The van der Waals surface area contributed by atoms with Crippen molar-refractivity contribution in [1.29, 1.82) is 0 Å². The Morgan fingerprint density at radius 2 is 1.95 bits per heavy atom. The van der Waals surface area contributed by atoms with Gasteiger partial charge in [0.05, 0.1) is 5.69 Å². The number of quaternary nitrogens is 1. The molecule has 2 heterocycles. The average molecular weight is 255 g/mol. The molecule has 0 bridgehead atoms. The minimum Gasteiger partial charge on any atom is -0.595 e. The summed E-state index contributed by atoms with van der Waals surface area (Å²) in [6.45, 7) is 2.01. The SMILES string of the molecule is Cc1cccn2cc(-c3ccc([NH+]([O-])O)cc3)nc12. The van der Waals surface area contributed by atoms with E-state index < -0.39 is 5.23 Å². The standard InChI is InChI=1S/C14H13N3O2/c1-10-3-2-8-16-9-13(15-14(10)16)11-4-6-12(7-5-11)17(18)19/h2-9,17-18H,1H3. The van der Waals surface area contributed by atoms with E-state index in [4.69, 9.17) is 5.21 Å². The van der Waals surface area contributed by atoms with E-state index in [9.17, 15) is 5.21 Å². The topological polar surface area (TPSA) is 65.0 Å². The molecule has 2 N–H and O–H groups in total. The van der Waals surface area contributed by atoms with E-state index in [1.54, 1.807) is 24.3 Å². The number of hydrogen-bond donors (Lipinski definition) is 2. The number of benzene rings is 1. The van der Waals surface area contributed by atoms with Crippen LogP contribution in [0.4, 0.5) is 5.69 Å². The van der Waals surface area contributed by atoms with Gasteiger partial charge in [-0.3, -0.25) is 0 Å². The molecule has 0 aliphatic heterocycles. The molecular weight excluding hydrogens is 242 g/mol. The van der Waals surface area contributed by atoms with Crippen LogP contribution >= 0.6 is 0 Å². The molecule has 0 fully saturated rings. The smallest absolute Gasteiger partial charge is 0.163 e. The fourth-order valence-electron chi connectivity index (χ4n) is 2.08. The number of aromatic nitrogens is 2. The van der Waals surface area contributed by atoms with Crippen LogP contribution in [0.2, 0.25) is 0 Å². The molecular formula is C14H13N3O2. The number of nitrogens with one attached hydrogen (secondary N) is 1. The molecule has 19 heavy (non-hydrogen) atoms. The number of nitrogens with zero attached hydrogens (tertiary/aromatic N) is 2. The summed E-state index contributed by atoms with van der Waals surface area (Å²) in [5.41, 5.74) is 4.05. The van der Waals surface area contributed by atoms with Crippen molar-refractivity contribution in [3.63, 3.8) is 0 Å². The lowest BCUT2D eigenvalue weighted by atomic mass is 10.1. The van der Waals surface area contributed by atoms with Crippen molar-refractivity contribution < 1.29 is 10.4 Å². The van der Waals surface area contributed by atoms with Crippen LogP contribution in [0.15, 0.2) is 48.8 Å². The zero-order valence-electron chi connectivity index (χ0n) is 10.4. The number of imidazole rings is 1. The van der Waals surface area contributed by atoms with Crippen molar-refractivity contribution in [3.05, 3.63) is 59.6 Å². The molecule has 1 aromatic carbocycles. The van der Waals surface area contributed by atoms with Gasteiger partial charge in [0.2, 0.25) is 0 Å². The highest BCUT2D eigenvalue weighted by Gasteiger charge is 2.07. The van der Waals surface area contributed by atoms with Crippen molar-refractivity contribution in [2.45, 2.75) is 6.92 Å². The van der Waals surface area contributed by atoms with Gasteiger partial charge in [-0.2, -0.15) is 5.23 Å². The van der Waals surface area contributed by atoms with Crippen LogP contribution in [-0.4, -0.2) is 14.6 Å². The average Bonchev–Trinajstić information content (AvgIpc) is 2.84. The van der Waals surface area contributed by atoms with Gasteiger partial charge in [0.25, 0.3) is 0 Å². The Bertz CT molecular complexity index is 717. The molecule has 1 unspecified atom stereocenters. The summed E-state index contributed by atoms with van der Waals surface area (Å²) >= 11 is 0. The normalized spacial score (nSPS) is 12.8. The first kappa shape index (κ1) is 11.9. The summed E-state index contributed by atoms with van der Waals surface area (Å²) in [5.74, 6) is 0. The van der Waals surface area contributed by atoms with Crippen LogP contribution in [0.25, 0.3) is 16.9 Å². The Balaban J connectivity index is 2.06. The maximum absolute atomic E-state index is 10.8. The van der Waals surface area contributed by atoms with Crippen molar-refractivity contribution >= 4 is 11.3 Å². The van der Waals surface area contributed by atoms with Crippen molar-refractivity contribution in [2.75, 3.05) is 0 Å². The molecule has 0 amide bonds. The van der Waals surface area contributed by atoms with E-state index in [-0.39, 0.29) is 5.69 Å². The number of aryl methyl sites for hydroxylation is 1. The van der Waals surface area contributed by atoms with Crippen molar-refractivity contribution in [2.24, 2.45) is 0 Å². The Morgan fingerprint density at radius 1 is 1.21 bits per heavy atom. The monoisotopic (exact) mass is 255 g/mol. The molecule has 0 aliphatic carbocycles. The van der Waals surface area contributed by atoms with Crippen molar-refractivity contribution in [1.82, 2.24) is 9.38 Å². The summed E-state index contributed by atoms with van der Waals surface area (Å²) < 4.78 is 1.97. The van der Waals surface area contributed by atoms with E-state index in [0.29, 0.717) is 0 Å². The Morgan fingerprint density at radius 3 is 2.58 bits per heavy atom. The lowest BCUT2D eigenvalue weighted by Gasteiger charge is -2.10. The van der Waals surface area contributed by atoms with E-state index >= 15 is 0 Å². The molecule has 5 heteroatoms. The third-order valence-electron chi connectivity index (χ3n) is 3.11. The maximum atomic E-state index is 10.8. The molecule has 0 spiro atoms. The number of hydrogen-bond acceptors (Lipinski definition) is 3. The number of fused-ring (bicyclic) bond motifs is 1. The zero-order chi connectivity index (χ0) is 13.4. The van der Waals surface area contributed by atoms with Gasteiger partial charge in [-0.1, -0.05) is 6.07 Å². The Hall–Kier alpha value is -2.21. The van der Waals surface area contributed by atoms with Gasteiger partial charge in [0, 0.05) is 30.1 Å². The maximum Gasteiger partial charge on any atom is 0.163 e. The molecule has 0 saturated carbocycles. The summed E-state index contributed by atoms with van der Waals surface area (Å²) in [5, 5.41) is 18.8. The van der Waals surface area contributed by atoms with Gasteiger partial charge in [-0.05, 0) is 30.7 Å². The lowest BCUT2D eigenvalue weighted by molar-refractivity contribution is -0.991. The van der Waals surface area contributed by atoms with Crippen molar-refractivity contribution in [3.8, 4) is 11.3 Å². The van der Waals surface area contributed by atoms with Crippen LogP contribution in [0.5, 0.6) is 0 Å². The summed E-state index contributed by atoms with van der Waals surface area (Å²) in [6.07, 6.45) is 3.89. The molecule has 3 aromatic rings. The third kappa shape index (κ3) is 2.10. The van der Waals surface area contributed by atoms with Gasteiger partial charge in [0.1, 0.15) is 5.65 Å². The summed E-state index contributed by atoms with van der Waals surface area (Å²) in [4.78, 5) is 4.57. The second-order valence-electron chi connectivity index (χ2n) is 4.43. The first-order valence-electron chi connectivity index (χ1n) is 5.93. The van der Waals surface area contributed by atoms with E-state index in [1.165, 1.54) is 0 Å². The molecule has 96 valence electrons. The van der Waals surface area contributed by atoms with Gasteiger partial charge >= 0.3 is 0 Å². The third-order valence-corrected chi connectivity index (χ3v) is 3.11. The van der Waals surface area contributed by atoms with E-state index in [2.05, 4.69) is 4.98 Å². The molecule has 2 aromatic heterocycles. The minimum absolute atomic E-state index is 0.281. The highest BCUT2D eigenvalue weighted by molar-refractivity contribution is 5.65. The van der Waals surface area contributed by atoms with E-state index in [1.807, 2.05) is 35.9 Å². The van der Waals surface area contributed by atoms with Crippen LogP contribution in [-0.2, 0) is 0 Å². The number of rotatable bonds is 2. The second-order valence-corrected chi connectivity index (χ2v) is 4.43. The molecule has 0 saturated heterocycles. The largest absolute Gasteiger partial charge is 0.595 e. The first-order valence-corrected chi connectivity index (χ1v) is 5.93. The fraction of sp³-hybridized carbons (Fsp3) is 0.0714. The highest BCUT2D eigenvalue weighted by Crippen LogP contribution is 2.21. The predicted octanol–water partition coefficient (Wildman–Crippen LogP) is 1.71. The summed E-state index contributed by atoms with van der Waals surface area (Å²) in [7, 11) is 0. The van der Waals surface area contributed by atoms with E-state index in [0.717, 1.165) is 22.5 Å². The van der Waals surface area contributed by atoms with Crippen LogP contribution in [0.1, 0.15) is 5.56 Å². The van der Waals surface area contributed by atoms with Gasteiger partial charge in [-0.25, -0.2) is 10.2 Å². The van der Waals surface area contributed by atoms with Gasteiger partial charge in [-0.15, -0.1) is 0 Å². The Labute approximate surface area is 109 Å². The summed E-state index contributed by atoms with van der Waals surface area (Å²) in [6, 6.07) is 10.7. The minimum atomic E-state index is -0.919. The second kappa shape index (κ2) is 4.47. The predicted molar refractivity (Wildman–Crippen MR) is 71.1 cm³/mol. The molecule has 0 radical (unpaired) electrons. The van der Waals surface area contributed by atoms with Crippen LogP contribution < -0.4 is 5.23 Å².